The first-order valence-corrected chi connectivity index (χ1v) is 18.7. The molecule has 0 amide bonds. The summed E-state index contributed by atoms with van der Waals surface area (Å²) in [5, 5.41) is 4.57. The number of para-hydroxylation sites is 1. The first kappa shape index (κ1) is 30.2. The Morgan fingerprint density at radius 1 is 0.436 bits per heavy atom. The molecule has 2 aliphatic rings. The van der Waals surface area contributed by atoms with Gasteiger partial charge in [-0.1, -0.05) is 164 Å². The third-order valence-corrected chi connectivity index (χ3v) is 11.7. The van der Waals surface area contributed by atoms with Crippen LogP contribution in [0.25, 0.3) is 72.2 Å². The van der Waals surface area contributed by atoms with Gasteiger partial charge >= 0.3 is 0 Å². The van der Waals surface area contributed by atoms with Crippen LogP contribution in [-0.4, -0.2) is 14.5 Å². The van der Waals surface area contributed by atoms with Crippen molar-refractivity contribution in [2.75, 3.05) is 0 Å². The molecule has 8 aromatic carbocycles. The van der Waals surface area contributed by atoms with Gasteiger partial charge < -0.3 is 4.74 Å². The van der Waals surface area contributed by atoms with E-state index in [9.17, 15) is 0 Å². The van der Waals surface area contributed by atoms with Gasteiger partial charge in [0.05, 0.1) is 22.1 Å². The molecule has 12 rings (SSSR count). The molecule has 0 radical (unpaired) electrons. The van der Waals surface area contributed by atoms with Gasteiger partial charge in [-0.3, -0.25) is 4.57 Å². The molecule has 0 N–H and O–H groups in total. The molecule has 0 fully saturated rings. The van der Waals surface area contributed by atoms with Crippen LogP contribution in [0.15, 0.2) is 188 Å². The third-order valence-electron chi connectivity index (χ3n) is 11.7. The molecule has 4 nitrogen and oxygen atoms in total. The molecule has 10 aromatic rings. The molecule has 0 atom stereocenters. The second-order valence-corrected chi connectivity index (χ2v) is 14.5. The molecule has 256 valence electrons. The van der Waals surface area contributed by atoms with Crippen molar-refractivity contribution < 1.29 is 4.74 Å². The lowest BCUT2D eigenvalue weighted by Crippen LogP contribution is -2.32. The van der Waals surface area contributed by atoms with Crippen LogP contribution in [0.1, 0.15) is 22.3 Å². The number of aromatic nitrogens is 3. The van der Waals surface area contributed by atoms with Gasteiger partial charge in [0.15, 0.2) is 5.82 Å². The van der Waals surface area contributed by atoms with Crippen molar-refractivity contribution in [2.24, 2.45) is 0 Å². The van der Waals surface area contributed by atoms with Crippen LogP contribution in [0.4, 0.5) is 0 Å². The Kier molecular flexibility index (Phi) is 6.23. The van der Waals surface area contributed by atoms with Gasteiger partial charge in [-0.2, -0.15) is 0 Å². The second kappa shape index (κ2) is 11.3. The van der Waals surface area contributed by atoms with Gasteiger partial charge in [-0.15, -0.1) is 0 Å². The van der Waals surface area contributed by atoms with Gasteiger partial charge in [0.1, 0.15) is 17.3 Å². The van der Waals surface area contributed by atoms with E-state index in [1.807, 2.05) is 24.3 Å². The minimum absolute atomic E-state index is 0.592. The fraction of sp³-hybridized carbons (Fsp3) is 0.0196. The van der Waals surface area contributed by atoms with Gasteiger partial charge in [0.2, 0.25) is 0 Å². The molecule has 0 saturated carbocycles. The monoisotopic (exact) mass is 701 g/mol. The summed E-state index contributed by atoms with van der Waals surface area (Å²) >= 11 is 0. The summed E-state index contributed by atoms with van der Waals surface area (Å²) < 4.78 is 9.34. The molecule has 0 bridgehead atoms. The minimum Gasteiger partial charge on any atom is -0.457 e. The Bertz CT molecular complexity index is 3080. The van der Waals surface area contributed by atoms with E-state index in [0.29, 0.717) is 5.82 Å². The average Bonchev–Trinajstić information content (AvgIpc) is 3.74. The zero-order valence-corrected chi connectivity index (χ0v) is 29.6. The van der Waals surface area contributed by atoms with Crippen molar-refractivity contribution in [1.82, 2.24) is 14.5 Å². The third kappa shape index (κ3) is 4.16. The van der Waals surface area contributed by atoms with Crippen molar-refractivity contribution in [1.29, 1.82) is 0 Å². The highest BCUT2D eigenvalue weighted by atomic mass is 16.5. The summed E-state index contributed by atoms with van der Waals surface area (Å²) in [7, 11) is 0. The van der Waals surface area contributed by atoms with Gasteiger partial charge in [-0.05, 0) is 45.8 Å². The van der Waals surface area contributed by atoms with Crippen LogP contribution in [-0.2, 0) is 5.41 Å². The van der Waals surface area contributed by atoms with E-state index in [2.05, 4.69) is 168 Å². The topological polar surface area (TPSA) is 39.9 Å². The number of nitrogens with zero attached hydrogens (tertiary/aromatic N) is 3. The first-order chi connectivity index (χ1) is 27.3. The zero-order valence-electron chi connectivity index (χ0n) is 29.6. The normalized spacial score (nSPS) is 13.4. The second-order valence-electron chi connectivity index (χ2n) is 14.5. The largest absolute Gasteiger partial charge is 0.457 e. The average molecular weight is 702 g/mol. The van der Waals surface area contributed by atoms with Crippen LogP contribution in [0.5, 0.6) is 11.5 Å². The van der Waals surface area contributed by atoms with Crippen LogP contribution >= 0.6 is 0 Å². The van der Waals surface area contributed by atoms with Crippen LogP contribution < -0.4 is 4.74 Å². The summed E-state index contributed by atoms with van der Waals surface area (Å²) in [6.07, 6.45) is 0. The first-order valence-electron chi connectivity index (χ1n) is 18.7. The molecule has 0 unspecified atom stereocenters. The summed E-state index contributed by atoms with van der Waals surface area (Å²) in [6.45, 7) is 0. The molecule has 1 aliphatic carbocycles. The Labute approximate surface area is 317 Å². The highest BCUT2D eigenvalue weighted by Gasteiger charge is 2.51. The highest BCUT2D eigenvalue weighted by Crippen LogP contribution is 2.62. The summed E-state index contributed by atoms with van der Waals surface area (Å²) in [6, 6.07) is 67.0. The van der Waals surface area contributed by atoms with E-state index in [4.69, 9.17) is 14.7 Å². The summed E-state index contributed by atoms with van der Waals surface area (Å²) in [4.78, 5) is 10.6. The van der Waals surface area contributed by atoms with Crippen molar-refractivity contribution in [2.45, 2.75) is 5.41 Å². The summed E-state index contributed by atoms with van der Waals surface area (Å²) in [5.41, 5.74) is 11.7. The van der Waals surface area contributed by atoms with E-state index in [0.717, 1.165) is 72.5 Å². The molecular formula is C51H31N3O. The van der Waals surface area contributed by atoms with Gasteiger partial charge in [0.25, 0.3) is 0 Å². The molecule has 0 saturated heterocycles. The van der Waals surface area contributed by atoms with E-state index in [1.54, 1.807) is 0 Å². The Hall–Kier alpha value is -7.30. The van der Waals surface area contributed by atoms with E-state index in [-0.39, 0.29) is 0 Å². The molecule has 4 heteroatoms. The molecule has 55 heavy (non-hydrogen) atoms. The maximum atomic E-state index is 6.97. The maximum Gasteiger partial charge on any atom is 0.162 e. The molecule has 2 aromatic heterocycles. The number of rotatable bonds is 3. The van der Waals surface area contributed by atoms with Crippen molar-refractivity contribution in [3.8, 4) is 51.1 Å². The number of benzene rings is 8. The van der Waals surface area contributed by atoms with Crippen LogP contribution in [0.3, 0.4) is 0 Å². The van der Waals surface area contributed by atoms with Crippen molar-refractivity contribution >= 4 is 32.6 Å². The lowest BCUT2D eigenvalue weighted by Gasteiger charge is -2.39. The predicted octanol–water partition coefficient (Wildman–Crippen LogP) is 12.5. The number of hydrogen-bond donors (Lipinski definition) is 0. The molecule has 3 heterocycles. The fourth-order valence-electron chi connectivity index (χ4n) is 9.38. The summed E-state index contributed by atoms with van der Waals surface area (Å²) in [5.74, 6) is 3.23. The standard InChI is InChI=1S/C51H31N3O/c1-3-16-33(17-4-1)44-31-48(53-50(52-44)34-18-5-2-6-19-34)54-45-30-43-47(29-39(45)38-28-27-32-15-7-8-20-35(32)49(38)54)55-46-26-14-13-25-42(46)51(43)40-23-11-9-21-36(40)37-22-10-12-24-41(37)51/h1-31H. The lowest BCUT2D eigenvalue weighted by atomic mass is 9.66. The Morgan fingerprint density at radius 2 is 1.07 bits per heavy atom. The van der Waals surface area contributed by atoms with E-state index >= 15 is 0 Å². The SMILES string of the molecule is c1ccc(-c2cc(-n3c4cc5c(cc4c4ccc6ccccc6c43)Oc3ccccc3C53c4ccccc4-c4ccccc43)nc(-c3ccccc3)n2)cc1. The predicted molar refractivity (Wildman–Crippen MR) is 222 cm³/mol. The number of ether oxygens (including phenoxy) is 1. The Balaban J connectivity index is 1.25. The smallest absolute Gasteiger partial charge is 0.162 e. The van der Waals surface area contributed by atoms with E-state index < -0.39 is 5.41 Å². The maximum absolute atomic E-state index is 6.97. The van der Waals surface area contributed by atoms with Crippen LogP contribution in [0.2, 0.25) is 0 Å². The highest BCUT2D eigenvalue weighted by molar-refractivity contribution is 6.19. The quantitative estimate of drug-likeness (QED) is 0.184. The molecule has 1 aliphatic heterocycles. The zero-order chi connectivity index (χ0) is 36.1. The van der Waals surface area contributed by atoms with Crippen molar-refractivity contribution in [3.63, 3.8) is 0 Å². The minimum atomic E-state index is -0.592. The fourth-order valence-corrected chi connectivity index (χ4v) is 9.38. The van der Waals surface area contributed by atoms with Crippen LogP contribution in [0, 0.1) is 0 Å². The molecular weight excluding hydrogens is 671 g/mol. The number of fused-ring (bicyclic) bond motifs is 14. The van der Waals surface area contributed by atoms with Gasteiger partial charge in [0, 0.05) is 44.5 Å². The molecule has 1 spiro atoms. The van der Waals surface area contributed by atoms with E-state index in [1.165, 1.54) is 27.6 Å². The lowest BCUT2D eigenvalue weighted by molar-refractivity contribution is 0.437. The van der Waals surface area contributed by atoms with Gasteiger partial charge in [-0.25, -0.2) is 9.97 Å². The number of hydrogen-bond acceptors (Lipinski definition) is 3. The Morgan fingerprint density at radius 3 is 1.84 bits per heavy atom. The van der Waals surface area contributed by atoms with Crippen molar-refractivity contribution in [3.05, 3.63) is 210 Å².